The lowest BCUT2D eigenvalue weighted by atomic mass is 9.85. The molecule has 1 saturated carbocycles. The number of esters is 1. The van der Waals surface area contributed by atoms with Crippen molar-refractivity contribution in [2.45, 2.75) is 26.7 Å². The summed E-state index contributed by atoms with van der Waals surface area (Å²) >= 11 is 0. The van der Waals surface area contributed by atoms with Gasteiger partial charge in [0.1, 0.15) is 5.75 Å². The maximum atomic E-state index is 13.1. The summed E-state index contributed by atoms with van der Waals surface area (Å²) in [5.41, 5.74) is 3.24. The maximum Gasteiger partial charge on any atom is 0.316 e. The summed E-state index contributed by atoms with van der Waals surface area (Å²) < 4.78 is 5.62. The van der Waals surface area contributed by atoms with E-state index in [9.17, 15) is 19.2 Å². The molecule has 35 heavy (non-hydrogen) atoms. The summed E-state index contributed by atoms with van der Waals surface area (Å²) in [6.45, 7) is 4.16. The Balaban J connectivity index is 1.18. The minimum atomic E-state index is -0.595. The number of allylic oxidation sites excluding steroid dienone is 2. The number of aryl methyl sites for hydroxylation is 2. The molecule has 2 aliphatic heterocycles. The molecule has 0 unspecified atom stereocenters. The van der Waals surface area contributed by atoms with Gasteiger partial charge in [0.25, 0.3) is 0 Å². The SMILES string of the molecule is Cc1ccc(C)c(N2C[C@H](C(=O)Oc3cccc(N4C(=O)[C@@H]5[C@H](C4=O)[C@H]4C=C[C@H]5C4)c3)CC2=O)c1. The lowest BCUT2D eigenvalue weighted by Gasteiger charge is -2.20. The second-order valence-electron chi connectivity index (χ2n) is 10.1. The first kappa shape index (κ1) is 21.8. The predicted molar refractivity (Wildman–Crippen MR) is 129 cm³/mol. The molecule has 0 N–H and O–H groups in total. The summed E-state index contributed by atoms with van der Waals surface area (Å²) in [6.07, 6.45) is 5.07. The Hall–Kier alpha value is -3.74. The fraction of sp³-hybridized carbons (Fsp3) is 0.357. The zero-order valence-electron chi connectivity index (χ0n) is 19.6. The lowest BCUT2D eigenvalue weighted by Crippen LogP contribution is -2.32. The van der Waals surface area contributed by atoms with Crippen LogP contribution in [0.4, 0.5) is 11.4 Å². The Kier molecular flexibility index (Phi) is 4.91. The van der Waals surface area contributed by atoms with Gasteiger partial charge >= 0.3 is 5.97 Å². The third-order valence-electron chi connectivity index (χ3n) is 7.88. The number of amides is 3. The normalized spacial score (nSPS) is 28.9. The molecule has 6 rings (SSSR count). The Labute approximate surface area is 203 Å². The molecule has 2 heterocycles. The van der Waals surface area contributed by atoms with E-state index in [1.807, 2.05) is 32.0 Å². The molecule has 2 bridgehead atoms. The molecule has 5 atom stereocenters. The monoisotopic (exact) mass is 470 g/mol. The molecular weight excluding hydrogens is 444 g/mol. The van der Waals surface area contributed by atoms with Crippen molar-refractivity contribution in [3.8, 4) is 5.75 Å². The van der Waals surface area contributed by atoms with Gasteiger partial charge in [-0.05, 0) is 61.4 Å². The van der Waals surface area contributed by atoms with Crippen LogP contribution in [-0.2, 0) is 19.2 Å². The van der Waals surface area contributed by atoms with Crippen molar-refractivity contribution in [2.24, 2.45) is 29.6 Å². The average Bonchev–Trinajstić information content (AvgIpc) is 3.59. The smallest absolute Gasteiger partial charge is 0.316 e. The standard InChI is InChI=1S/C28H26N2O5/c1-15-6-7-16(2)22(10-15)29-14-19(12-23(29)31)28(34)35-21-5-3-4-20(13-21)30-26(32)24-17-8-9-18(11-17)25(24)27(30)33/h3-10,13,17-19,24-25H,11-12,14H2,1-2H3/t17-,18-,19+,24-,25+/m0/s1. The van der Waals surface area contributed by atoms with Gasteiger partial charge in [-0.15, -0.1) is 0 Å². The highest BCUT2D eigenvalue weighted by molar-refractivity contribution is 6.22. The van der Waals surface area contributed by atoms with Crippen molar-refractivity contribution in [3.05, 3.63) is 65.7 Å². The Morgan fingerprint density at radius 3 is 2.37 bits per heavy atom. The Morgan fingerprint density at radius 2 is 1.66 bits per heavy atom. The van der Waals surface area contributed by atoms with Crippen molar-refractivity contribution < 1.29 is 23.9 Å². The minimum absolute atomic E-state index is 0.0775. The molecule has 2 aliphatic carbocycles. The third-order valence-corrected chi connectivity index (χ3v) is 7.88. The van der Waals surface area contributed by atoms with Crippen molar-refractivity contribution in [1.82, 2.24) is 0 Å². The molecule has 3 fully saturated rings. The number of nitrogens with zero attached hydrogens (tertiary/aromatic N) is 2. The molecule has 7 heteroatoms. The molecule has 2 saturated heterocycles. The number of ether oxygens (including phenoxy) is 1. The van der Waals surface area contributed by atoms with E-state index < -0.39 is 11.9 Å². The van der Waals surface area contributed by atoms with Gasteiger partial charge in [-0.1, -0.05) is 30.4 Å². The van der Waals surface area contributed by atoms with Gasteiger partial charge in [0.15, 0.2) is 0 Å². The van der Waals surface area contributed by atoms with Crippen molar-refractivity contribution >= 4 is 35.1 Å². The molecule has 3 amide bonds. The zero-order chi connectivity index (χ0) is 24.4. The van der Waals surface area contributed by atoms with Crippen LogP contribution in [-0.4, -0.2) is 30.2 Å². The van der Waals surface area contributed by atoms with Crippen LogP contribution in [0.1, 0.15) is 24.0 Å². The highest BCUT2D eigenvalue weighted by Gasteiger charge is 2.59. The molecule has 2 aromatic rings. The van der Waals surface area contributed by atoms with E-state index in [-0.39, 0.29) is 60.1 Å². The molecule has 0 radical (unpaired) electrons. The summed E-state index contributed by atoms with van der Waals surface area (Å²) in [4.78, 5) is 54.8. The first-order chi connectivity index (χ1) is 16.8. The number of carbonyl (C=O) groups excluding carboxylic acids is 4. The Morgan fingerprint density at radius 1 is 0.943 bits per heavy atom. The summed E-state index contributed by atoms with van der Waals surface area (Å²) in [5, 5.41) is 0. The number of rotatable bonds is 4. The van der Waals surface area contributed by atoms with Crippen LogP contribution >= 0.6 is 0 Å². The number of benzene rings is 2. The summed E-state index contributed by atoms with van der Waals surface area (Å²) in [5.74, 6) is -1.62. The average molecular weight is 471 g/mol. The molecule has 0 spiro atoms. The van der Waals surface area contributed by atoms with Gasteiger partial charge in [0, 0.05) is 24.7 Å². The number of hydrogen-bond acceptors (Lipinski definition) is 5. The first-order valence-corrected chi connectivity index (χ1v) is 12.1. The molecular formula is C28H26N2O5. The zero-order valence-corrected chi connectivity index (χ0v) is 19.6. The fourth-order valence-electron chi connectivity index (χ4n) is 6.15. The highest BCUT2D eigenvalue weighted by Crippen LogP contribution is 2.53. The van der Waals surface area contributed by atoms with Crippen molar-refractivity contribution in [2.75, 3.05) is 16.3 Å². The first-order valence-electron chi connectivity index (χ1n) is 12.1. The van der Waals surface area contributed by atoms with Gasteiger partial charge in [0.2, 0.25) is 17.7 Å². The number of hydrogen-bond donors (Lipinski definition) is 0. The van der Waals surface area contributed by atoms with E-state index in [1.165, 1.54) is 4.90 Å². The van der Waals surface area contributed by atoms with Crippen LogP contribution in [0.25, 0.3) is 0 Å². The van der Waals surface area contributed by atoms with E-state index in [0.717, 1.165) is 23.2 Å². The van der Waals surface area contributed by atoms with E-state index in [2.05, 4.69) is 12.2 Å². The van der Waals surface area contributed by atoms with Gasteiger partial charge < -0.3 is 9.64 Å². The van der Waals surface area contributed by atoms with Gasteiger partial charge in [-0.25, -0.2) is 4.90 Å². The maximum absolute atomic E-state index is 13.1. The number of carbonyl (C=O) groups is 4. The lowest BCUT2D eigenvalue weighted by molar-refractivity contribution is -0.139. The Bertz CT molecular complexity index is 1280. The molecule has 7 nitrogen and oxygen atoms in total. The van der Waals surface area contributed by atoms with Crippen molar-refractivity contribution in [3.63, 3.8) is 0 Å². The second kappa shape index (κ2) is 7.90. The fourth-order valence-corrected chi connectivity index (χ4v) is 6.15. The van der Waals surface area contributed by atoms with E-state index >= 15 is 0 Å². The van der Waals surface area contributed by atoms with Crippen LogP contribution in [0.5, 0.6) is 5.75 Å². The van der Waals surface area contributed by atoms with Gasteiger partial charge in [0.05, 0.1) is 23.4 Å². The number of imide groups is 1. The quantitative estimate of drug-likeness (QED) is 0.295. The van der Waals surface area contributed by atoms with Crippen LogP contribution in [0.2, 0.25) is 0 Å². The minimum Gasteiger partial charge on any atom is -0.426 e. The second-order valence-corrected chi connectivity index (χ2v) is 10.1. The van der Waals surface area contributed by atoms with E-state index in [4.69, 9.17) is 4.74 Å². The van der Waals surface area contributed by atoms with Crippen LogP contribution in [0, 0.1) is 43.4 Å². The number of fused-ring (bicyclic) bond motifs is 5. The van der Waals surface area contributed by atoms with Gasteiger partial charge in [-0.2, -0.15) is 0 Å². The summed E-state index contributed by atoms with van der Waals surface area (Å²) in [7, 11) is 0. The van der Waals surface area contributed by atoms with Gasteiger partial charge in [-0.3, -0.25) is 19.2 Å². The van der Waals surface area contributed by atoms with Crippen molar-refractivity contribution in [1.29, 1.82) is 0 Å². The third kappa shape index (κ3) is 3.40. The van der Waals surface area contributed by atoms with Crippen LogP contribution in [0.15, 0.2) is 54.6 Å². The highest BCUT2D eigenvalue weighted by atomic mass is 16.5. The molecule has 2 aromatic carbocycles. The molecule has 4 aliphatic rings. The largest absolute Gasteiger partial charge is 0.426 e. The van der Waals surface area contributed by atoms with E-state index in [1.54, 1.807) is 29.2 Å². The number of anilines is 2. The topological polar surface area (TPSA) is 84.0 Å². The molecule has 178 valence electrons. The van der Waals surface area contributed by atoms with Crippen LogP contribution in [0.3, 0.4) is 0 Å². The predicted octanol–water partition coefficient (Wildman–Crippen LogP) is 3.57. The van der Waals surface area contributed by atoms with E-state index in [0.29, 0.717) is 5.69 Å². The summed E-state index contributed by atoms with van der Waals surface area (Å²) in [6, 6.07) is 12.4. The molecule has 0 aromatic heterocycles. The van der Waals surface area contributed by atoms with Crippen LogP contribution < -0.4 is 14.5 Å².